The quantitative estimate of drug-likeness (QED) is 0.764. The summed E-state index contributed by atoms with van der Waals surface area (Å²) in [6.07, 6.45) is -3.32. The van der Waals surface area contributed by atoms with E-state index in [-0.39, 0.29) is 5.56 Å². The van der Waals surface area contributed by atoms with Gasteiger partial charge in [0.05, 0.1) is 5.69 Å². The van der Waals surface area contributed by atoms with Gasteiger partial charge in [-0.15, -0.1) is 0 Å². The van der Waals surface area contributed by atoms with Crippen LogP contribution in [0.3, 0.4) is 0 Å². The zero-order chi connectivity index (χ0) is 14.0. The Morgan fingerprint density at radius 1 is 1.05 bits per heavy atom. The average Bonchev–Trinajstić information content (AvgIpc) is 2.38. The zero-order valence-electron chi connectivity index (χ0n) is 10.3. The largest absolute Gasteiger partial charge is 0.433 e. The SMILES string of the molecule is C=Cc1ccc(-c2ccc(C)cc2)nc1C(F)(F)F. The van der Waals surface area contributed by atoms with Crippen molar-refractivity contribution in [3.05, 3.63) is 59.8 Å². The van der Waals surface area contributed by atoms with Gasteiger partial charge in [0.15, 0.2) is 5.69 Å². The summed E-state index contributed by atoms with van der Waals surface area (Å²) >= 11 is 0. The fraction of sp³-hybridized carbons (Fsp3) is 0.133. The van der Waals surface area contributed by atoms with Gasteiger partial charge >= 0.3 is 6.18 Å². The Bertz CT molecular complexity index is 598. The van der Waals surface area contributed by atoms with E-state index in [2.05, 4.69) is 11.6 Å². The normalized spacial score (nSPS) is 11.4. The molecule has 0 saturated heterocycles. The molecular weight excluding hydrogens is 251 g/mol. The first-order valence-electron chi connectivity index (χ1n) is 5.69. The van der Waals surface area contributed by atoms with Crippen molar-refractivity contribution in [2.75, 3.05) is 0 Å². The number of aromatic nitrogens is 1. The standard InChI is InChI=1S/C15H12F3N/c1-3-11-8-9-13(19-14(11)15(16,17)18)12-6-4-10(2)5-7-12/h3-9H,1H2,2H3. The van der Waals surface area contributed by atoms with Crippen molar-refractivity contribution >= 4 is 6.08 Å². The van der Waals surface area contributed by atoms with Gasteiger partial charge < -0.3 is 0 Å². The van der Waals surface area contributed by atoms with Crippen LogP contribution in [-0.4, -0.2) is 4.98 Å². The molecule has 4 heteroatoms. The molecule has 2 aromatic rings. The number of pyridine rings is 1. The highest BCUT2D eigenvalue weighted by atomic mass is 19.4. The molecule has 0 bridgehead atoms. The van der Waals surface area contributed by atoms with Crippen LogP contribution in [0.2, 0.25) is 0 Å². The number of aryl methyl sites for hydroxylation is 1. The van der Waals surface area contributed by atoms with Gasteiger partial charge in [-0.3, -0.25) is 0 Å². The summed E-state index contributed by atoms with van der Waals surface area (Å²) in [6.45, 7) is 5.29. The van der Waals surface area contributed by atoms with Crippen LogP contribution >= 0.6 is 0 Å². The number of hydrogen-bond acceptors (Lipinski definition) is 1. The van der Waals surface area contributed by atoms with Gasteiger partial charge in [-0.1, -0.05) is 48.6 Å². The van der Waals surface area contributed by atoms with Crippen LogP contribution in [0.5, 0.6) is 0 Å². The predicted molar refractivity (Wildman–Crippen MR) is 69.5 cm³/mol. The predicted octanol–water partition coefficient (Wildman–Crippen LogP) is 4.72. The summed E-state index contributed by atoms with van der Waals surface area (Å²) < 4.78 is 38.7. The van der Waals surface area contributed by atoms with Crippen LogP contribution in [0.4, 0.5) is 13.2 Å². The topological polar surface area (TPSA) is 12.9 Å². The van der Waals surface area contributed by atoms with Gasteiger partial charge in [0, 0.05) is 11.1 Å². The minimum absolute atomic E-state index is 0.0108. The summed E-state index contributed by atoms with van der Waals surface area (Å²) in [5.74, 6) is 0. The van der Waals surface area contributed by atoms with E-state index in [9.17, 15) is 13.2 Å². The lowest BCUT2D eigenvalue weighted by molar-refractivity contribution is -0.141. The molecular formula is C15H12F3N. The second-order valence-electron chi connectivity index (χ2n) is 4.20. The van der Waals surface area contributed by atoms with Gasteiger partial charge in [0.2, 0.25) is 0 Å². The van der Waals surface area contributed by atoms with Crippen molar-refractivity contribution in [2.24, 2.45) is 0 Å². The first kappa shape index (κ1) is 13.3. The molecule has 98 valence electrons. The van der Waals surface area contributed by atoms with E-state index in [1.165, 1.54) is 6.07 Å². The van der Waals surface area contributed by atoms with Crippen LogP contribution < -0.4 is 0 Å². The Hall–Kier alpha value is -2.10. The van der Waals surface area contributed by atoms with Crippen molar-refractivity contribution < 1.29 is 13.2 Å². The molecule has 1 aromatic heterocycles. The molecule has 1 heterocycles. The van der Waals surface area contributed by atoms with Crippen LogP contribution in [-0.2, 0) is 6.18 Å². The number of rotatable bonds is 2. The first-order chi connectivity index (χ1) is 8.91. The fourth-order valence-electron chi connectivity index (χ4n) is 1.75. The Morgan fingerprint density at radius 3 is 2.21 bits per heavy atom. The molecule has 0 amide bonds. The van der Waals surface area contributed by atoms with Crippen molar-refractivity contribution in [3.8, 4) is 11.3 Å². The lowest BCUT2D eigenvalue weighted by Gasteiger charge is -2.11. The number of halogens is 3. The number of nitrogens with zero attached hydrogens (tertiary/aromatic N) is 1. The molecule has 0 spiro atoms. The molecule has 19 heavy (non-hydrogen) atoms. The molecule has 0 aliphatic heterocycles. The Balaban J connectivity index is 2.55. The second-order valence-corrected chi connectivity index (χ2v) is 4.20. The van der Waals surface area contributed by atoms with E-state index in [1.54, 1.807) is 18.2 Å². The summed E-state index contributed by atoms with van der Waals surface area (Å²) in [5, 5.41) is 0. The summed E-state index contributed by atoms with van der Waals surface area (Å²) in [7, 11) is 0. The Morgan fingerprint density at radius 2 is 1.68 bits per heavy atom. The molecule has 0 N–H and O–H groups in total. The molecule has 1 nitrogen and oxygen atoms in total. The van der Waals surface area contributed by atoms with Gasteiger partial charge in [-0.05, 0) is 13.0 Å². The van der Waals surface area contributed by atoms with Crippen LogP contribution in [0.25, 0.3) is 17.3 Å². The summed E-state index contributed by atoms with van der Waals surface area (Å²) in [6, 6.07) is 10.1. The van der Waals surface area contributed by atoms with E-state index >= 15 is 0 Å². The van der Waals surface area contributed by atoms with Gasteiger partial charge in [0.25, 0.3) is 0 Å². The molecule has 0 radical (unpaired) electrons. The lowest BCUT2D eigenvalue weighted by atomic mass is 10.1. The van der Waals surface area contributed by atoms with E-state index in [1.807, 2.05) is 19.1 Å². The second kappa shape index (κ2) is 4.88. The summed E-state index contributed by atoms with van der Waals surface area (Å²) in [4.78, 5) is 3.72. The average molecular weight is 263 g/mol. The highest BCUT2D eigenvalue weighted by molar-refractivity contribution is 5.62. The van der Waals surface area contributed by atoms with Crippen molar-refractivity contribution in [2.45, 2.75) is 13.1 Å². The maximum absolute atomic E-state index is 12.9. The Labute approximate surface area is 109 Å². The Kier molecular flexibility index (Phi) is 3.42. The number of alkyl halides is 3. The number of benzene rings is 1. The van der Waals surface area contributed by atoms with E-state index in [0.29, 0.717) is 11.3 Å². The molecule has 2 rings (SSSR count). The minimum Gasteiger partial charge on any atom is -0.243 e. The highest BCUT2D eigenvalue weighted by Gasteiger charge is 2.35. The lowest BCUT2D eigenvalue weighted by Crippen LogP contribution is -2.10. The highest BCUT2D eigenvalue weighted by Crippen LogP contribution is 2.32. The van der Waals surface area contributed by atoms with E-state index in [4.69, 9.17) is 0 Å². The molecule has 0 fully saturated rings. The minimum atomic E-state index is -4.48. The molecule has 0 aliphatic carbocycles. The van der Waals surface area contributed by atoms with Crippen molar-refractivity contribution in [1.82, 2.24) is 4.98 Å². The molecule has 0 aliphatic rings. The van der Waals surface area contributed by atoms with Crippen LogP contribution in [0.1, 0.15) is 16.8 Å². The third kappa shape index (κ3) is 2.84. The van der Waals surface area contributed by atoms with Crippen LogP contribution in [0.15, 0.2) is 43.0 Å². The van der Waals surface area contributed by atoms with Crippen molar-refractivity contribution in [1.29, 1.82) is 0 Å². The monoisotopic (exact) mass is 263 g/mol. The molecule has 0 unspecified atom stereocenters. The molecule has 0 saturated carbocycles. The molecule has 1 aromatic carbocycles. The third-order valence-electron chi connectivity index (χ3n) is 2.76. The van der Waals surface area contributed by atoms with Gasteiger partial charge in [-0.2, -0.15) is 13.2 Å². The smallest absolute Gasteiger partial charge is 0.243 e. The van der Waals surface area contributed by atoms with E-state index < -0.39 is 11.9 Å². The van der Waals surface area contributed by atoms with Crippen molar-refractivity contribution in [3.63, 3.8) is 0 Å². The van der Waals surface area contributed by atoms with E-state index in [0.717, 1.165) is 11.6 Å². The maximum atomic E-state index is 12.9. The first-order valence-corrected chi connectivity index (χ1v) is 5.69. The molecule has 0 atom stereocenters. The summed E-state index contributed by atoms with van der Waals surface area (Å²) in [5.41, 5.74) is 1.09. The van der Waals surface area contributed by atoms with Gasteiger partial charge in [-0.25, -0.2) is 4.98 Å². The third-order valence-corrected chi connectivity index (χ3v) is 2.76. The zero-order valence-corrected chi connectivity index (χ0v) is 10.3. The number of hydrogen-bond donors (Lipinski definition) is 0. The van der Waals surface area contributed by atoms with Gasteiger partial charge in [0.1, 0.15) is 0 Å². The maximum Gasteiger partial charge on any atom is 0.433 e. The van der Waals surface area contributed by atoms with Crippen LogP contribution in [0, 0.1) is 6.92 Å². The fourth-order valence-corrected chi connectivity index (χ4v) is 1.75.